The zero-order valence-corrected chi connectivity index (χ0v) is 11.0. The van der Waals surface area contributed by atoms with Crippen molar-refractivity contribution in [2.75, 3.05) is 6.54 Å². The summed E-state index contributed by atoms with van der Waals surface area (Å²) in [7, 11) is 0. The van der Waals surface area contributed by atoms with Gasteiger partial charge in [-0.05, 0) is 26.0 Å². The van der Waals surface area contributed by atoms with Gasteiger partial charge in [-0.15, -0.1) is 11.3 Å². The number of carboxylic acids is 1. The highest BCUT2D eigenvalue weighted by Gasteiger charge is 2.15. The number of aliphatic hydroxyl groups is 1. The van der Waals surface area contributed by atoms with Gasteiger partial charge in [-0.2, -0.15) is 0 Å². The van der Waals surface area contributed by atoms with E-state index in [0.717, 1.165) is 9.75 Å². The van der Waals surface area contributed by atoms with Crippen LogP contribution in [0.3, 0.4) is 0 Å². The van der Waals surface area contributed by atoms with E-state index in [1.807, 2.05) is 26.0 Å². The van der Waals surface area contributed by atoms with Crippen molar-refractivity contribution in [3.8, 4) is 0 Å². The molecule has 100 valence electrons. The van der Waals surface area contributed by atoms with E-state index in [1.165, 1.54) is 0 Å². The summed E-state index contributed by atoms with van der Waals surface area (Å²) in [6.07, 6.45) is -1.59. The van der Waals surface area contributed by atoms with E-state index < -0.39 is 18.1 Å². The Morgan fingerprint density at radius 1 is 1.44 bits per heavy atom. The standard InChI is InChI=1S/C11H16N2O4S/c1-6-3-4-9(18-6)7(2)13-11(17)12-5-8(14)10(15)16/h3-4,7-8,14H,5H2,1-2H3,(H,15,16)(H2,12,13,17). The Kier molecular flexibility index (Phi) is 5.11. The Bertz CT molecular complexity index is 432. The molecule has 1 heterocycles. The molecule has 0 fully saturated rings. The highest BCUT2D eigenvalue weighted by Crippen LogP contribution is 2.21. The number of urea groups is 1. The van der Waals surface area contributed by atoms with Crippen LogP contribution >= 0.6 is 11.3 Å². The number of amides is 2. The number of nitrogens with one attached hydrogen (secondary N) is 2. The summed E-state index contributed by atoms with van der Waals surface area (Å²) in [6, 6.07) is 3.22. The van der Waals surface area contributed by atoms with Crippen molar-refractivity contribution < 1.29 is 19.8 Å². The summed E-state index contributed by atoms with van der Waals surface area (Å²) in [5.74, 6) is -1.36. The lowest BCUT2D eigenvalue weighted by Gasteiger charge is -2.14. The number of hydrogen-bond donors (Lipinski definition) is 4. The molecular weight excluding hydrogens is 256 g/mol. The van der Waals surface area contributed by atoms with E-state index >= 15 is 0 Å². The van der Waals surface area contributed by atoms with Gasteiger partial charge in [0.1, 0.15) is 0 Å². The largest absolute Gasteiger partial charge is 0.479 e. The van der Waals surface area contributed by atoms with Crippen molar-refractivity contribution in [3.63, 3.8) is 0 Å². The van der Waals surface area contributed by atoms with Gasteiger partial charge >= 0.3 is 12.0 Å². The van der Waals surface area contributed by atoms with Crippen molar-refractivity contribution in [2.24, 2.45) is 0 Å². The first-order chi connectivity index (χ1) is 8.40. The summed E-state index contributed by atoms with van der Waals surface area (Å²) in [4.78, 5) is 23.9. The number of aryl methyl sites for hydroxylation is 1. The number of carboxylic acid groups (broad SMARTS) is 1. The van der Waals surface area contributed by atoms with Gasteiger partial charge in [0.2, 0.25) is 0 Å². The van der Waals surface area contributed by atoms with Gasteiger partial charge in [0, 0.05) is 9.75 Å². The van der Waals surface area contributed by atoms with Crippen LogP contribution in [0.5, 0.6) is 0 Å². The molecule has 4 N–H and O–H groups in total. The molecule has 0 spiro atoms. The minimum absolute atomic E-state index is 0.161. The predicted molar refractivity (Wildman–Crippen MR) is 67.6 cm³/mol. The molecule has 0 saturated carbocycles. The normalized spacial score (nSPS) is 13.7. The molecule has 1 aromatic rings. The monoisotopic (exact) mass is 272 g/mol. The second kappa shape index (κ2) is 6.36. The summed E-state index contributed by atoms with van der Waals surface area (Å²) >= 11 is 1.58. The summed E-state index contributed by atoms with van der Waals surface area (Å²) < 4.78 is 0. The summed E-state index contributed by atoms with van der Waals surface area (Å²) in [5, 5.41) is 22.4. The molecule has 2 unspecified atom stereocenters. The second-order valence-corrected chi connectivity index (χ2v) is 5.20. The molecule has 0 aliphatic carbocycles. The Labute approximate surface area is 109 Å². The van der Waals surface area contributed by atoms with Crippen LogP contribution in [0.2, 0.25) is 0 Å². The molecule has 18 heavy (non-hydrogen) atoms. The molecule has 1 rings (SSSR count). The molecule has 0 bridgehead atoms. The molecule has 2 atom stereocenters. The fourth-order valence-electron chi connectivity index (χ4n) is 1.28. The SMILES string of the molecule is Cc1ccc(C(C)NC(=O)NCC(O)C(=O)O)s1. The van der Waals surface area contributed by atoms with Crippen LogP contribution in [0.15, 0.2) is 12.1 Å². The predicted octanol–water partition coefficient (Wildman–Crippen LogP) is 0.862. The van der Waals surface area contributed by atoms with Crippen LogP contribution in [-0.2, 0) is 4.79 Å². The summed E-state index contributed by atoms with van der Waals surface area (Å²) in [5.41, 5.74) is 0. The van der Waals surface area contributed by atoms with Gasteiger partial charge in [0.05, 0.1) is 12.6 Å². The van der Waals surface area contributed by atoms with Gasteiger partial charge in [-0.3, -0.25) is 0 Å². The number of hydrogen-bond acceptors (Lipinski definition) is 4. The van der Waals surface area contributed by atoms with Crippen molar-refractivity contribution >= 4 is 23.3 Å². The maximum absolute atomic E-state index is 11.4. The average molecular weight is 272 g/mol. The maximum Gasteiger partial charge on any atom is 0.334 e. The molecule has 1 aromatic heterocycles. The zero-order valence-electron chi connectivity index (χ0n) is 10.1. The fourth-order valence-corrected chi connectivity index (χ4v) is 2.16. The van der Waals surface area contributed by atoms with Gasteiger partial charge in [0.25, 0.3) is 0 Å². The molecule has 0 aliphatic rings. The first kappa shape index (κ1) is 14.5. The molecular formula is C11H16N2O4S. The number of aliphatic hydroxyl groups excluding tert-OH is 1. The van der Waals surface area contributed by atoms with Crippen LogP contribution in [0, 0.1) is 6.92 Å². The van der Waals surface area contributed by atoms with Crippen molar-refractivity contribution in [3.05, 3.63) is 21.9 Å². The Hall–Kier alpha value is -1.60. The number of carbonyl (C=O) groups is 2. The molecule has 7 heteroatoms. The molecule has 0 aromatic carbocycles. The van der Waals surface area contributed by atoms with Gasteiger partial charge in [-0.25, -0.2) is 9.59 Å². The third kappa shape index (κ3) is 4.34. The van der Waals surface area contributed by atoms with Gasteiger partial charge in [-0.1, -0.05) is 0 Å². The molecule has 6 nitrogen and oxygen atoms in total. The minimum atomic E-state index is -1.59. The highest BCUT2D eigenvalue weighted by molar-refractivity contribution is 7.12. The van der Waals surface area contributed by atoms with E-state index in [9.17, 15) is 9.59 Å². The Balaban J connectivity index is 2.38. The lowest BCUT2D eigenvalue weighted by molar-refractivity contribution is -0.146. The number of thiophene rings is 1. The first-order valence-electron chi connectivity index (χ1n) is 5.41. The van der Waals surface area contributed by atoms with Crippen LogP contribution in [0.4, 0.5) is 4.79 Å². The third-order valence-electron chi connectivity index (χ3n) is 2.28. The summed E-state index contributed by atoms with van der Waals surface area (Å²) in [6.45, 7) is 3.49. The van der Waals surface area contributed by atoms with Crippen LogP contribution in [0.25, 0.3) is 0 Å². The number of aliphatic carboxylic acids is 1. The molecule has 2 amide bonds. The molecule has 0 saturated heterocycles. The third-order valence-corrected chi connectivity index (χ3v) is 3.46. The number of rotatable bonds is 5. The van der Waals surface area contributed by atoms with E-state index in [-0.39, 0.29) is 12.6 Å². The zero-order chi connectivity index (χ0) is 13.7. The van der Waals surface area contributed by atoms with Crippen molar-refractivity contribution in [2.45, 2.75) is 26.0 Å². The Morgan fingerprint density at radius 2 is 2.11 bits per heavy atom. The quantitative estimate of drug-likeness (QED) is 0.639. The van der Waals surface area contributed by atoms with E-state index in [4.69, 9.17) is 10.2 Å². The van der Waals surface area contributed by atoms with E-state index in [2.05, 4.69) is 10.6 Å². The lowest BCUT2D eigenvalue weighted by Crippen LogP contribution is -2.42. The van der Waals surface area contributed by atoms with Crippen LogP contribution in [-0.4, -0.2) is 34.9 Å². The number of carbonyl (C=O) groups excluding carboxylic acids is 1. The second-order valence-electron chi connectivity index (χ2n) is 3.88. The average Bonchev–Trinajstić information content (AvgIpc) is 2.72. The topological polar surface area (TPSA) is 98.7 Å². The minimum Gasteiger partial charge on any atom is -0.479 e. The van der Waals surface area contributed by atoms with Crippen molar-refractivity contribution in [1.82, 2.24) is 10.6 Å². The smallest absolute Gasteiger partial charge is 0.334 e. The van der Waals surface area contributed by atoms with Gasteiger partial charge < -0.3 is 20.8 Å². The molecule has 0 radical (unpaired) electrons. The van der Waals surface area contributed by atoms with Crippen LogP contribution in [0.1, 0.15) is 22.7 Å². The first-order valence-corrected chi connectivity index (χ1v) is 6.23. The molecule has 0 aliphatic heterocycles. The fraction of sp³-hybridized carbons (Fsp3) is 0.455. The highest BCUT2D eigenvalue weighted by atomic mass is 32.1. The van der Waals surface area contributed by atoms with Crippen molar-refractivity contribution in [1.29, 1.82) is 0 Å². The Morgan fingerprint density at radius 3 is 2.61 bits per heavy atom. The van der Waals surface area contributed by atoms with E-state index in [1.54, 1.807) is 11.3 Å². The maximum atomic E-state index is 11.4. The van der Waals surface area contributed by atoms with Crippen LogP contribution < -0.4 is 10.6 Å². The van der Waals surface area contributed by atoms with Gasteiger partial charge in [0.15, 0.2) is 6.10 Å². The van der Waals surface area contributed by atoms with E-state index in [0.29, 0.717) is 0 Å². The lowest BCUT2D eigenvalue weighted by atomic mass is 10.3.